The zero-order chi connectivity index (χ0) is 14.6. The van der Waals surface area contributed by atoms with Gasteiger partial charge in [0.05, 0.1) is 5.56 Å². The minimum atomic E-state index is -4.31. The fraction of sp³-hybridized carbons (Fsp3) is 0.571. The number of nitrogens with two attached hydrogens (primary N) is 1. The van der Waals surface area contributed by atoms with Gasteiger partial charge in [0, 0.05) is 6.04 Å². The molecule has 0 spiro atoms. The van der Waals surface area contributed by atoms with E-state index < -0.39 is 11.7 Å². The van der Waals surface area contributed by atoms with Crippen molar-refractivity contribution in [2.45, 2.75) is 31.5 Å². The topological polar surface area (TPSA) is 38.0 Å². The Kier molecular flexibility index (Phi) is 5.35. The Morgan fingerprint density at radius 3 is 2.60 bits per heavy atom. The second-order valence-corrected chi connectivity index (χ2v) is 6.36. The second kappa shape index (κ2) is 6.83. The van der Waals surface area contributed by atoms with Crippen LogP contribution in [0.4, 0.5) is 13.2 Å². The predicted molar refractivity (Wildman–Crippen MR) is 76.2 cm³/mol. The standard InChI is InChI=1S/C14H19F3N2S/c15-14(16,17)12-3-1-2-11(9-12)13(19-18)8-10-4-6-20-7-5-10/h1-3,9-10,13,19H,4-8,18H2. The lowest BCUT2D eigenvalue weighted by molar-refractivity contribution is -0.137. The number of hydrogen-bond acceptors (Lipinski definition) is 3. The highest BCUT2D eigenvalue weighted by Gasteiger charge is 2.31. The van der Waals surface area contributed by atoms with Crippen molar-refractivity contribution in [1.82, 2.24) is 5.43 Å². The van der Waals surface area contributed by atoms with E-state index in [-0.39, 0.29) is 6.04 Å². The number of halogens is 3. The van der Waals surface area contributed by atoms with E-state index in [1.807, 2.05) is 11.8 Å². The van der Waals surface area contributed by atoms with Crippen LogP contribution in [0, 0.1) is 5.92 Å². The Morgan fingerprint density at radius 2 is 2.00 bits per heavy atom. The predicted octanol–water partition coefficient (Wildman–Crippen LogP) is 3.74. The molecular formula is C14H19F3N2S. The van der Waals surface area contributed by atoms with Crippen LogP contribution in [0.2, 0.25) is 0 Å². The summed E-state index contributed by atoms with van der Waals surface area (Å²) in [6.45, 7) is 0. The van der Waals surface area contributed by atoms with Crippen molar-refractivity contribution in [3.8, 4) is 0 Å². The van der Waals surface area contributed by atoms with Crippen molar-refractivity contribution in [2.75, 3.05) is 11.5 Å². The summed E-state index contributed by atoms with van der Waals surface area (Å²) in [7, 11) is 0. The van der Waals surface area contributed by atoms with Gasteiger partial charge in [0.2, 0.25) is 0 Å². The molecule has 1 aromatic carbocycles. The molecule has 1 heterocycles. The molecule has 2 nitrogen and oxygen atoms in total. The van der Waals surface area contributed by atoms with Crippen LogP contribution in [0.3, 0.4) is 0 Å². The normalized spacial score (nSPS) is 19.0. The summed E-state index contributed by atoms with van der Waals surface area (Å²) < 4.78 is 38.2. The summed E-state index contributed by atoms with van der Waals surface area (Å²) >= 11 is 1.93. The van der Waals surface area contributed by atoms with E-state index in [1.54, 1.807) is 6.07 Å². The van der Waals surface area contributed by atoms with Crippen LogP contribution in [-0.4, -0.2) is 11.5 Å². The lowest BCUT2D eigenvalue weighted by Crippen LogP contribution is -2.30. The molecular weight excluding hydrogens is 285 g/mol. The van der Waals surface area contributed by atoms with Crippen LogP contribution in [0.15, 0.2) is 24.3 Å². The number of alkyl halides is 3. The molecule has 0 aromatic heterocycles. The molecule has 1 aromatic rings. The highest BCUT2D eigenvalue weighted by Crippen LogP contribution is 2.34. The first-order chi connectivity index (χ1) is 9.50. The number of benzene rings is 1. The molecule has 2 rings (SSSR count). The molecule has 6 heteroatoms. The van der Waals surface area contributed by atoms with E-state index in [0.717, 1.165) is 36.8 Å². The van der Waals surface area contributed by atoms with Crippen molar-refractivity contribution < 1.29 is 13.2 Å². The first kappa shape index (κ1) is 15.7. The fourth-order valence-corrected chi connectivity index (χ4v) is 3.75. The van der Waals surface area contributed by atoms with E-state index >= 15 is 0 Å². The maximum absolute atomic E-state index is 12.7. The minimum Gasteiger partial charge on any atom is -0.271 e. The number of thioether (sulfide) groups is 1. The van der Waals surface area contributed by atoms with Gasteiger partial charge in [-0.3, -0.25) is 11.3 Å². The summed E-state index contributed by atoms with van der Waals surface area (Å²) in [4.78, 5) is 0. The maximum Gasteiger partial charge on any atom is 0.416 e. The first-order valence-electron chi connectivity index (χ1n) is 6.71. The van der Waals surface area contributed by atoms with E-state index in [9.17, 15) is 13.2 Å². The lowest BCUT2D eigenvalue weighted by Gasteiger charge is -2.26. The second-order valence-electron chi connectivity index (χ2n) is 5.13. The van der Waals surface area contributed by atoms with Crippen molar-refractivity contribution in [3.63, 3.8) is 0 Å². The zero-order valence-corrected chi connectivity index (χ0v) is 11.9. The largest absolute Gasteiger partial charge is 0.416 e. The average Bonchev–Trinajstić information content (AvgIpc) is 2.45. The minimum absolute atomic E-state index is 0.217. The molecule has 1 aliphatic heterocycles. The van der Waals surface area contributed by atoms with Gasteiger partial charge < -0.3 is 0 Å². The molecule has 1 atom stereocenters. The molecule has 20 heavy (non-hydrogen) atoms. The Hall–Kier alpha value is -0.720. The Labute approximate surface area is 121 Å². The molecule has 0 amide bonds. The molecule has 0 bridgehead atoms. The van der Waals surface area contributed by atoms with Gasteiger partial charge in [-0.15, -0.1) is 0 Å². The van der Waals surface area contributed by atoms with Gasteiger partial charge in [0.1, 0.15) is 0 Å². The molecule has 3 N–H and O–H groups in total. The molecule has 1 unspecified atom stereocenters. The monoisotopic (exact) mass is 304 g/mol. The highest BCUT2D eigenvalue weighted by molar-refractivity contribution is 7.99. The van der Waals surface area contributed by atoms with E-state index in [4.69, 9.17) is 5.84 Å². The zero-order valence-electron chi connectivity index (χ0n) is 11.1. The van der Waals surface area contributed by atoms with Crippen molar-refractivity contribution in [1.29, 1.82) is 0 Å². The number of hydrogen-bond donors (Lipinski definition) is 2. The van der Waals surface area contributed by atoms with Crippen LogP contribution < -0.4 is 11.3 Å². The molecule has 1 saturated heterocycles. The van der Waals surface area contributed by atoms with Crippen molar-refractivity contribution in [3.05, 3.63) is 35.4 Å². The van der Waals surface area contributed by atoms with Gasteiger partial charge in [-0.2, -0.15) is 24.9 Å². The SMILES string of the molecule is NNC(CC1CCSCC1)c1cccc(C(F)(F)F)c1. The highest BCUT2D eigenvalue weighted by atomic mass is 32.2. The molecule has 0 aliphatic carbocycles. The molecule has 0 saturated carbocycles. The number of hydrazine groups is 1. The van der Waals surface area contributed by atoms with E-state index in [2.05, 4.69) is 5.43 Å². The molecule has 0 radical (unpaired) electrons. The molecule has 1 fully saturated rings. The van der Waals surface area contributed by atoms with Crippen molar-refractivity contribution >= 4 is 11.8 Å². The van der Waals surface area contributed by atoms with E-state index in [1.165, 1.54) is 12.1 Å². The van der Waals surface area contributed by atoms with E-state index in [0.29, 0.717) is 11.5 Å². The van der Waals surface area contributed by atoms with Gasteiger partial charge in [-0.1, -0.05) is 12.1 Å². The summed E-state index contributed by atoms with van der Waals surface area (Å²) in [5.74, 6) is 8.34. The van der Waals surface area contributed by atoms with Crippen LogP contribution in [0.25, 0.3) is 0 Å². The third kappa shape index (κ3) is 4.14. The van der Waals surface area contributed by atoms with Gasteiger partial charge in [0.15, 0.2) is 0 Å². The summed E-state index contributed by atoms with van der Waals surface area (Å²) in [6.07, 6.45) is -1.29. The maximum atomic E-state index is 12.7. The van der Waals surface area contributed by atoms with Crippen LogP contribution in [0.1, 0.15) is 36.4 Å². The Bertz CT molecular complexity index is 431. The summed E-state index contributed by atoms with van der Waals surface area (Å²) in [5.41, 5.74) is 2.67. The molecule has 1 aliphatic rings. The Morgan fingerprint density at radius 1 is 1.30 bits per heavy atom. The van der Waals surface area contributed by atoms with Crippen LogP contribution in [0.5, 0.6) is 0 Å². The van der Waals surface area contributed by atoms with Crippen LogP contribution >= 0.6 is 11.8 Å². The number of rotatable bonds is 4. The lowest BCUT2D eigenvalue weighted by atomic mass is 9.90. The summed E-state index contributed by atoms with van der Waals surface area (Å²) in [5, 5.41) is 0. The number of nitrogens with one attached hydrogen (secondary N) is 1. The third-order valence-corrected chi connectivity index (χ3v) is 4.78. The first-order valence-corrected chi connectivity index (χ1v) is 7.87. The quantitative estimate of drug-likeness (QED) is 0.657. The smallest absolute Gasteiger partial charge is 0.271 e. The van der Waals surface area contributed by atoms with Crippen molar-refractivity contribution in [2.24, 2.45) is 11.8 Å². The average molecular weight is 304 g/mol. The van der Waals surface area contributed by atoms with Gasteiger partial charge in [0.25, 0.3) is 0 Å². The van der Waals surface area contributed by atoms with Gasteiger partial charge >= 0.3 is 6.18 Å². The Balaban J connectivity index is 2.10. The summed E-state index contributed by atoms with van der Waals surface area (Å²) in [6, 6.07) is 5.22. The van der Waals surface area contributed by atoms with Crippen LogP contribution in [-0.2, 0) is 6.18 Å². The fourth-order valence-electron chi connectivity index (χ4n) is 2.55. The molecule has 112 valence electrons. The van der Waals surface area contributed by atoms with Gasteiger partial charge in [-0.25, -0.2) is 0 Å². The third-order valence-electron chi connectivity index (χ3n) is 3.73. The van der Waals surface area contributed by atoms with Gasteiger partial charge in [-0.05, 0) is 54.4 Å².